The number of ether oxygens (including phenoxy) is 2. The van der Waals surface area contributed by atoms with E-state index in [-0.39, 0.29) is 5.57 Å². The largest absolute Gasteiger partial charge is 0.466 e. The minimum Gasteiger partial charge on any atom is -0.466 e. The molecule has 0 rings (SSSR count). The van der Waals surface area contributed by atoms with Crippen LogP contribution in [-0.2, 0) is 19.1 Å². The third kappa shape index (κ3) is 3.43. The summed E-state index contributed by atoms with van der Waals surface area (Å²) in [4.78, 5) is 21.4. The number of hydrogen-bond acceptors (Lipinski definition) is 4. The molecular weight excluding hydrogens is 172 g/mol. The van der Waals surface area contributed by atoms with Gasteiger partial charge in [0.1, 0.15) is 0 Å². The van der Waals surface area contributed by atoms with Crippen molar-refractivity contribution in [3.8, 4) is 12.3 Å². The number of terminal acetylenes is 1. The average Bonchev–Trinajstić information content (AvgIpc) is 2.11. The monoisotopic (exact) mass is 182 g/mol. The van der Waals surface area contributed by atoms with E-state index in [0.717, 1.165) is 0 Å². The molecule has 0 fully saturated rings. The molecule has 0 saturated heterocycles. The van der Waals surface area contributed by atoms with Crippen LogP contribution in [-0.4, -0.2) is 25.2 Å². The highest BCUT2D eigenvalue weighted by molar-refractivity contribution is 5.90. The molecule has 0 saturated carbocycles. The normalized spacial score (nSPS) is 10.8. The molecule has 4 heteroatoms. The van der Waals surface area contributed by atoms with Crippen LogP contribution in [0.25, 0.3) is 0 Å². The van der Waals surface area contributed by atoms with Crippen molar-refractivity contribution in [2.24, 2.45) is 0 Å². The van der Waals surface area contributed by atoms with Gasteiger partial charge in [-0.3, -0.25) is 4.79 Å². The standard InChI is InChI=1S/C9H10O4/c1-5-8(13-7(3)10)6(2)9(11)12-4/h1,8H,2H2,3-4H3. The Hall–Kier alpha value is -1.76. The van der Waals surface area contributed by atoms with E-state index in [4.69, 9.17) is 6.42 Å². The molecule has 0 aliphatic heterocycles. The number of carbonyl (C=O) groups is 2. The lowest BCUT2D eigenvalue weighted by molar-refractivity contribution is -0.144. The zero-order valence-electron chi connectivity index (χ0n) is 7.49. The highest BCUT2D eigenvalue weighted by atomic mass is 16.6. The average molecular weight is 182 g/mol. The molecule has 0 aromatic rings. The predicted octanol–water partition coefficient (Wildman–Crippen LogP) is 0.280. The first-order valence-electron chi connectivity index (χ1n) is 3.43. The van der Waals surface area contributed by atoms with Crippen molar-refractivity contribution < 1.29 is 19.1 Å². The summed E-state index contributed by atoms with van der Waals surface area (Å²) in [6.07, 6.45) is 3.97. The number of methoxy groups -OCH3 is 1. The molecule has 0 aromatic carbocycles. The summed E-state index contributed by atoms with van der Waals surface area (Å²) in [5, 5.41) is 0. The van der Waals surface area contributed by atoms with Gasteiger partial charge >= 0.3 is 11.9 Å². The van der Waals surface area contributed by atoms with Crippen molar-refractivity contribution >= 4 is 11.9 Å². The fraction of sp³-hybridized carbons (Fsp3) is 0.333. The molecule has 1 atom stereocenters. The molecule has 0 aliphatic rings. The quantitative estimate of drug-likeness (QED) is 0.357. The SMILES string of the molecule is C#CC(OC(C)=O)C(=C)C(=O)OC. The molecule has 0 bridgehead atoms. The highest BCUT2D eigenvalue weighted by Crippen LogP contribution is 2.05. The number of esters is 2. The Morgan fingerprint density at radius 3 is 2.38 bits per heavy atom. The molecule has 1 unspecified atom stereocenters. The molecule has 70 valence electrons. The van der Waals surface area contributed by atoms with Gasteiger partial charge in [0.2, 0.25) is 0 Å². The van der Waals surface area contributed by atoms with E-state index >= 15 is 0 Å². The Labute approximate surface area is 76.5 Å². The van der Waals surface area contributed by atoms with Gasteiger partial charge in [-0.1, -0.05) is 12.5 Å². The molecule has 0 amide bonds. The summed E-state index contributed by atoms with van der Waals surface area (Å²) in [7, 11) is 1.19. The van der Waals surface area contributed by atoms with Crippen LogP contribution >= 0.6 is 0 Å². The molecule has 0 radical (unpaired) electrons. The maximum absolute atomic E-state index is 10.9. The zero-order valence-corrected chi connectivity index (χ0v) is 7.49. The van der Waals surface area contributed by atoms with Crippen LogP contribution in [0.2, 0.25) is 0 Å². The molecule has 4 nitrogen and oxygen atoms in total. The van der Waals surface area contributed by atoms with Gasteiger partial charge in [0.05, 0.1) is 12.7 Å². The smallest absolute Gasteiger partial charge is 0.337 e. The van der Waals surface area contributed by atoms with Crippen LogP contribution in [0.1, 0.15) is 6.92 Å². The molecule has 0 spiro atoms. The third-order valence-corrected chi connectivity index (χ3v) is 1.20. The first kappa shape index (κ1) is 11.2. The van der Waals surface area contributed by atoms with Crippen molar-refractivity contribution in [3.05, 3.63) is 12.2 Å². The van der Waals surface area contributed by atoms with E-state index in [0.29, 0.717) is 0 Å². The fourth-order valence-electron chi connectivity index (χ4n) is 0.610. The Kier molecular flexibility index (Phi) is 4.31. The van der Waals surface area contributed by atoms with E-state index < -0.39 is 18.0 Å². The second-order valence-corrected chi connectivity index (χ2v) is 2.17. The minimum atomic E-state index is -1.05. The molecule has 0 aliphatic carbocycles. The first-order valence-corrected chi connectivity index (χ1v) is 3.43. The number of hydrogen-bond donors (Lipinski definition) is 0. The van der Waals surface area contributed by atoms with Gasteiger partial charge in [-0.15, -0.1) is 6.42 Å². The summed E-state index contributed by atoms with van der Waals surface area (Å²) < 4.78 is 8.96. The van der Waals surface area contributed by atoms with Gasteiger partial charge in [-0.05, 0) is 0 Å². The van der Waals surface area contributed by atoms with E-state index in [2.05, 4.69) is 22.0 Å². The summed E-state index contributed by atoms with van der Waals surface area (Å²) in [5.74, 6) is 0.838. The van der Waals surface area contributed by atoms with Crippen molar-refractivity contribution in [2.75, 3.05) is 7.11 Å². The second-order valence-electron chi connectivity index (χ2n) is 2.17. The van der Waals surface area contributed by atoms with Crippen LogP contribution in [0, 0.1) is 12.3 Å². The van der Waals surface area contributed by atoms with Crippen molar-refractivity contribution in [1.29, 1.82) is 0 Å². The summed E-state index contributed by atoms with van der Waals surface area (Å²) in [6, 6.07) is 0. The topological polar surface area (TPSA) is 52.6 Å². The van der Waals surface area contributed by atoms with Gasteiger partial charge in [0.25, 0.3) is 0 Å². The summed E-state index contributed by atoms with van der Waals surface area (Å²) in [5.41, 5.74) is -0.0693. The van der Waals surface area contributed by atoms with Crippen molar-refractivity contribution in [1.82, 2.24) is 0 Å². The van der Waals surface area contributed by atoms with Gasteiger partial charge in [-0.2, -0.15) is 0 Å². The van der Waals surface area contributed by atoms with Crippen LogP contribution < -0.4 is 0 Å². The molecular formula is C9H10O4. The first-order chi connectivity index (χ1) is 6.02. The number of rotatable bonds is 3. The van der Waals surface area contributed by atoms with E-state index in [1.165, 1.54) is 14.0 Å². The van der Waals surface area contributed by atoms with Crippen LogP contribution in [0.15, 0.2) is 12.2 Å². The Bertz CT molecular complexity index is 272. The minimum absolute atomic E-state index is 0.0693. The van der Waals surface area contributed by atoms with Crippen LogP contribution in [0.4, 0.5) is 0 Å². The summed E-state index contributed by atoms with van der Waals surface area (Å²) in [6.45, 7) is 4.54. The van der Waals surface area contributed by atoms with Crippen LogP contribution in [0.3, 0.4) is 0 Å². The maximum Gasteiger partial charge on any atom is 0.337 e. The lowest BCUT2D eigenvalue weighted by Crippen LogP contribution is -2.22. The zero-order chi connectivity index (χ0) is 10.4. The summed E-state index contributed by atoms with van der Waals surface area (Å²) >= 11 is 0. The van der Waals surface area contributed by atoms with Gasteiger partial charge in [0, 0.05) is 6.92 Å². The fourth-order valence-corrected chi connectivity index (χ4v) is 0.610. The molecule has 13 heavy (non-hydrogen) atoms. The van der Waals surface area contributed by atoms with Gasteiger partial charge in [-0.25, -0.2) is 4.79 Å². The predicted molar refractivity (Wildman–Crippen MR) is 45.5 cm³/mol. The maximum atomic E-state index is 10.9. The van der Waals surface area contributed by atoms with Gasteiger partial charge in [0.15, 0.2) is 6.10 Å². The lowest BCUT2D eigenvalue weighted by atomic mass is 10.2. The second kappa shape index (κ2) is 4.99. The Morgan fingerprint density at radius 2 is 2.08 bits per heavy atom. The van der Waals surface area contributed by atoms with Crippen molar-refractivity contribution in [3.63, 3.8) is 0 Å². The van der Waals surface area contributed by atoms with E-state index in [1.807, 2.05) is 0 Å². The van der Waals surface area contributed by atoms with E-state index in [1.54, 1.807) is 0 Å². The Morgan fingerprint density at radius 1 is 1.54 bits per heavy atom. The molecule has 0 heterocycles. The third-order valence-electron chi connectivity index (χ3n) is 1.20. The number of carbonyl (C=O) groups excluding carboxylic acids is 2. The van der Waals surface area contributed by atoms with Crippen molar-refractivity contribution in [2.45, 2.75) is 13.0 Å². The highest BCUT2D eigenvalue weighted by Gasteiger charge is 2.19. The molecule has 0 aromatic heterocycles. The Balaban J connectivity index is 4.43. The van der Waals surface area contributed by atoms with E-state index in [9.17, 15) is 9.59 Å². The van der Waals surface area contributed by atoms with Crippen LogP contribution in [0.5, 0.6) is 0 Å². The van der Waals surface area contributed by atoms with Gasteiger partial charge < -0.3 is 9.47 Å². The molecule has 0 N–H and O–H groups in total. The lowest BCUT2D eigenvalue weighted by Gasteiger charge is -2.11.